The Morgan fingerprint density at radius 2 is 2.00 bits per heavy atom. The number of hydrogen-bond acceptors (Lipinski definition) is 4. The summed E-state index contributed by atoms with van der Waals surface area (Å²) in [6.45, 7) is 1.58. The highest BCUT2D eigenvalue weighted by Crippen LogP contribution is 2.19. The molecule has 1 aliphatic rings. The van der Waals surface area contributed by atoms with Crippen LogP contribution in [0.1, 0.15) is 6.42 Å². The third-order valence-electron chi connectivity index (χ3n) is 4.00. The zero-order chi connectivity index (χ0) is 17.5. The fourth-order valence-corrected chi connectivity index (χ4v) is 2.79. The molecule has 7 nitrogen and oxygen atoms in total. The monoisotopic (exact) mass is 339 g/mol. The lowest BCUT2D eigenvalue weighted by molar-refractivity contribution is -0.115. The summed E-state index contributed by atoms with van der Waals surface area (Å²) in [6, 6.07) is 13.3. The molecule has 7 heteroatoms. The number of hydrogen-bond donors (Lipinski definition) is 3. The first kappa shape index (κ1) is 16.8. The van der Waals surface area contributed by atoms with E-state index in [0.29, 0.717) is 5.69 Å². The van der Waals surface area contributed by atoms with E-state index < -0.39 is 0 Å². The van der Waals surface area contributed by atoms with Crippen molar-refractivity contribution in [2.24, 2.45) is 0 Å². The fraction of sp³-hybridized carbons (Fsp3) is 0.278. The minimum atomic E-state index is -0.332. The molecule has 2 aromatic rings. The molecule has 1 aliphatic heterocycles. The van der Waals surface area contributed by atoms with Crippen LogP contribution in [0.3, 0.4) is 0 Å². The molecular weight excluding hydrogens is 318 g/mol. The molecule has 3 N–H and O–H groups in total. The van der Waals surface area contributed by atoms with Crippen LogP contribution in [0.5, 0.6) is 0 Å². The van der Waals surface area contributed by atoms with Gasteiger partial charge in [0.15, 0.2) is 0 Å². The number of para-hydroxylation sites is 1. The average Bonchev–Trinajstić information content (AvgIpc) is 3.10. The molecule has 0 unspecified atom stereocenters. The number of nitrogens with one attached hydrogen (secondary N) is 3. The van der Waals surface area contributed by atoms with Gasteiger partial charge in [-0.3, -0.25) is 9.78 Å². The summed E-state index contributed by atoms with van der Waals surface area (Å²) in [4.78, 5) is 29.9. The predicted molar refractivity (Wildman–Crippen MR) is 96.5 cm³/mol. The Bertz CT molecular complexity index is 708. The number of pyridine rings is 1. The molecule has 2 heterocycles. The van der Waals surface area contributed by atoms with E-state index >= 15 is 0 Å². The Morgan fingerprint density at radius 1 is 1.16 bits per heavy atom. The molecule has 0 radical (unpaired) electrons. The van der Waals surface area contributed by atoms with Gasteiger partial charge in [0.1, 0.15) is 0 Å². The molecule has 0 bridgehead atoms. The largest absolute Gasteiger partial charge is 0.369 e. The summed E-state index contributed by atoms with van der Waals surface area (Å²) in [6.07, 6.45) is 4.06. The van der Waals surface area contributed by atoms with Gasteiger partial charge in [0.2, 0.25) is 5.91 Å². The fourth-order valence-electron chi connectivity index (χ4n) is 2.79. The summed E-state index contributed by atoms with van der Waals surface area (Å²) in [7, 11) is 0. The molecule has 1 aromatic carbocycles. The normalized spacial score (nSPS) is 16.3. The molecule has 3 rings (SSSR count). The number of rotatable bonds is 5. The van der Waals surface area contributed by atoms with Gasteiger partial charge >= 0.3 is 6.03 Å². The molecule has 0 spiro atoms. The first-order valence-electron chi connectivity index (χ1n) is 8.25. The maximum atomic E-state index is 12.0. The van der Waals surface area contributed by atoms with E-state index in [1.54, 1.807) is 24.5 Å². The van der Waals surface area contributed by atoms with Gasteiger partial charge in [-0.1, -0.05) is 18.2 Å². The highest BCUT2D eigenvalue weighted by molar-refractivity contribution is 5.94. The number of aromatic nitrogens is 1. The van der Waals surface area contributed by atoms with E-state index in [9.17, 15) is 9.59 Å². The molecule has 3 amide bonds. The van der Waals surface area contributed by atoms with Crippen LogP contribution in [0, 0.1) is 0 Å². The molecule has 0 aliphatic carbocycles. The highest BCUT2D eigenvalue weighted by atomic mass is 16.2. The number of anilines is 2. The number of amides is 3. The zero-order valence-electron chi connectivity index (χ0n) is 13.8. The van der Waals surface area contributed by atoms with Gasteiger partial charge in [0.25, 0.3) is 0 Å². The van der Waals surface area contributed by atoms with Gasteiger partial charge in [-0.2, -0.15) is 0 Å². The van der Waals surface area contributed by atoms with Gasteiger partial charge in [-0.25, -0.2) is 4.79 Å². The van der Waals surface area contributed by atoms with Gasteiger partial charge in [-0.15, -0.1) is 0 Å². The third kappa shape index (κ3) is 4.94. The van der Waals surface area contributed by atoms with Crippen molar-refractivity contribution in [2.45, 2.75) is 12.5 Å². The summed E-state index contributed by atoms with van der Waals surface area (Å²) in [5.41, 5.74) is 1.76. The van der Waals surface area contributed by atoms with Crippen molar-refractivity contribution in [3.63, 3.8) is 0 Å². The van der Waals surface area contributed by atoms with Crippen molar-refractivity contribution >= 4 is 23.3 Å². The SMILES string of the molecule is O=C(CNC(=O)N[C@@H]1CCN(c2ccccc2)C1)Nc1cccnc1. The molecule has 1 fully saturated rings. The van der Waals surface area contributed by atoms with E-state index in [4.69, 9.17) is 0 Å². The number of carbonyl (C=O) groups is 2. The summed E-state index contributed by atoms with van der Waals surface area (Å²) in [5, 5.41) is 8.16. The van der Waals surface area contributed by atoms with Gasteiger partial charge in [-0.05, 0) is 30.7 Å². The van der Waals surface area contributed by atoms with Gasteiger partial charge in [0.05, 0.1) is 18.4 Å². The van der Waals surface area contributed by atoms with Crippen molar-refractivity contribution in [1.29, 1.82) is 0 Å². The third-order valence-corrected chi connectivity index (χ3v) is 4.00. The molecule has 1 aromatic heterocycles. The summed E-state index contributed by atoms with van der Waals surface area (Å²) >= 11 is 0. The molecular formula is C18H21N5O2. The summed E-state index contributed by atoms with van der Waals surface area (Å²) in [5.74, 6) is -0.291. The second kappa shape index (κ2) is 8.14. The van der Waals surface area contributed by atoms with Crippen molar-refractivity contribution < 1.29 is 9.59 Å². The lowest BCUT2D eigenvalue weighted by Crippen LogP contribution is -2.45. The molecule has 1 saturated heterocycles. The van der Waals surface area contributed by atoms with Crippen molar-refractivity contribution in [2.75, 3.05) is 29.9 Å². The van der Waals surface area contributed by atoms with E-state index in [0.717, 1.165) is 25.2 Å². The van der Waals surface area contributed by atoms with Crippen LogP contribution >= 0.6 is 0 Å². The molecule has 0 saturated carbocycles. The van der Waals surface area contributed by atoms with Crippen LogP contribution < -0.4 is 20.9 Å². The highest BCUT2D eigenvalue weighted by Gasteiger charge is 2.24. The Morgan fingerprint density at radius 3 is 2.76 bits per heavy atom. The standard InChI is InChI=1S/C18H21N5O2/c24-17(21-14-5-4-9-19-11-14)12-20-18(25)22-15-8-10-23(13-15)16-6-2-1-3-7-16/h1-7,9,11,15H,8,10,12-13H2,(H,21,24)(H2,20,22,25)/t15-/m1/s1. The van der Waals surface area contributed by atoms with E-state index in [-0.39, 0.29) is 24.5 Å². The zero-order valence-corrected chi connectivity index (χ0v) is 13.8. The quantitative estimate of drug-likeness (QED) is 0.772. The smallest absolute Gasteiger partial charge is 0.315 e. The van der Waals surface area contributed by atoms with Crippen LogP contribution in [-0.4, -0.2) is 42.6 Å². The molecule has 130 valence electrons. The van der Waals surface area contributed by atoms with Gasteiger partial charge in [0, 0.05) is 31.0 Å². The Labute approximate surface area is 146 Å². The van der Waals surface area contributed by atoms with Crippen LogP contribution in [0.15, 0.2) is 54.9 Å². The number of urea groups is 1. The second-order valence-corrected chi connectivity index (χ2v) is 5.88. The van der Waals surface area contributed by atoms with Crippen LogP contribution in [0.25, 0.3) is 0 Å². The maximum Gasteiger partial charge on any atom is 0.315 e. The van der Waals surface area contributed by atoms with Gasteiger partial charge < -0.3 is 20.9 Å². The first-order valence-corrected chi connectivity index (χ1v) is 8.25. The minimum absolute atomic E-state index is 0.0709. The van der Waals surface area contributed by atoms with Crippen LogP contribution in [0.2, 0.25) is 0 Å². The van der Waals surface area contributed by atoms with E-state index in [1.165, 1.54) is 0 Å². The lowest BCUT2D eigenvalue weighted by Gasteiger charge is -2.19. The topological polar surface area (TPSA) is 86.4 Å². The number of carbonyl (C=O) groups excluding carboxylic acids is 2. The molecule has 1 atom stereocenters. The van der Waals surface area contributed by atoms with Crippen molar-refractivity contribution in [3.05, 3.63) is 54.9 Å². The Kier molecular flexibility index (Phi) is 5.46. The van der Waals surface area contributed by atoms with Crippen molar-refractivity contribution in [3.8, 4) is 0 Å². The van der Waals surface area contributed by atoms with Crippen LogP contribution in [-0.2, 0) is 4.79 Å². The minimum Gasteiger partial charge on any atom is -0.369 e. The lowest BCUT2D eigenvalue weighted by atomic mass is 10.3. The van der Waals surface area contributed by atoms with Crippen LogP contribution in [0.4, 0.5) is 16.2 Å². The Hall–Kier alpha value is -3.09. The van der Waals surface area contributed by atoms with E-state index in [2.05, 4.69) is 38.0 Å². The summed E-state index contributed by atoms with van der Waals surface area (Å²) < 4.78 is 0. The predicted octanol–water partition coefficient (Wildman–Crippen LogP) is 1.60. The first-order chi connectivity index (χ1) is 12.2. The average molecular weight is 339 g/mol. The second-order valence-electron chi connectivity index (χ2n) is 5.88. The van der Waals surface area contributed by atoms with Crippen molar-refractivity contribution in [1.82, 2.24) is 15.6 Å². The molecule has 25 heavy (non-hydrogen) atoms. The number of nitrogens with zero attached hydrogens (tertiary/aromatic N) is 2. The van der Waals surface area contributed by atoms with E-state index in [1.807, 2.05) is 18.2 Å². The Balaban J connectivity index is 1.39. The number of benzene rings is 1. The maximum absolute atomic E-state index is 12.0.